The van der Waals surface area contributed by atoms with Gasteiger partial charge in [0.25, 0.3) is 5.91 Å². The van der Waals surface area contributed by atoms with Crippen molar-refractivity contribution in [3.05, 3.63) is 28.2 Å². The number of rotatable bonds is 4. The fourth-order valence-corrected chi connectivity index (χ4v) is 3.05. The van der Waals surface area contributed by atoms with Crippen LogP contribution < -0.4 is 15.6 Å². The van der Waals surface area contributed by atoms with Crippen LogP contribution in [0.5, 0.6) is 5.75 Å². The molecule has 132 valence electrons. The quantitative estimate of drug-likeness (QED) is 0.409. The highest BCUT2D eigenvalue weighted by Crippen LogP contribution is 2.27. The maximum Gasteiger partial charge on any atom is 0.330 e. The summed E-state index contributed by atoms with van der Waals surface area (Å²) in [4.78, 5) is 43.8. The summed E-state index contributed by atoms with van der Waals surface area (Å²) in [5.74, 6) is -0.688. The number of hydrogen-bond donors (Lipinski definition) is 4. The van der Waals surface area contributed by atoms with Crippen molar-refractivity contribution in [3.63, 3.8) is 0 Å². The summed E-state index contributed by atoms with van der Waals surface area (Å²) in [6, 6.07) is 1.24. The van der Waals surface area contributed by atoms with E-state index in [9.17, 15) is 14.7 Å². The molecule has 11 heteroatoms. The molecule has 2 aliphatic heterocycles. The molecule has 1 fully saturated rings. The molecule has 2 unspecified atom stereocenters. The Morgan fingerprint density at radius 1 is 1.33 bits per heavy atom. The lowest BCUT2D eigenvalue weighted by atomic mass is 10.2. The monoisotopic (exact) mass is 359 g/mol. The lowest BCUT2D eigenvalue weighted by Gasteiger charge is -2.38. The smallest absolute Gasteiger partial charge is 0.330 e. The standard InChI is InChI=1S/C13H18N3O7P/c17-8-2-1-3-10-14-16-5-4-9(18)12(22-7-23-24(20)21)11(16)13(19)15(10)6-8/h4-5,8,10,14,17,20-21H,1-3,6-7H2. The van der Waals surface area contributed by atoms with Crippen molar-refractivity contribution in [1.82, 2.24) is 9.58 Å². The van der Waals surface area contributed by atoms with Crippen LogP contribution in [0.15, 0.2) is 17.1 Å². The Morgan fingerprint density at radius 3 is 2.88 bits per heavy atom. The predicted octanol–water partition coefficient (Wildman–Crippen LogP) is -0.717. The first kappa shape index (κ1) is 17.1. The van der Waals surface area contributed by atoms with Crippen LogP contribution >= 0.6 is 8.60 Å². The first-order chi connectivity index (χ1) is 11.5. The number of aliphatic hydroxyl groups is 1. The van der Waals surface area contributed by atoms with Crippen molar-refractivity contribution >= 4 is 14.5 Å². The molecule has 24 heavy (non-hydrogen) atoms. The van der Waals surface area contributed by atoms with Gasteiger partial charge < -0.3 is 30.0 Å². The highest BCUT2D eigenvalue weighted by molar-refractivity contribution is 7.39. The number of nitrogens with zero attached hydrogens (tertiary/aromatic N) is 2. The molecule has 1 aromatic heterocycles. The number of nitrogens with one attached hydrogen (secondary N) is 1. The molecule has 2 atom stereocenters. The van der Waals surface area contributed by atoms with Crippen LogP contribution in [0.4, 0.5) is 0 Å². The third kappa shape index (κ3) is 3.38. The molecule has 0 spiro atoms. The summed E-state index contributed by atoms with van der Waals surface area (Å²) < 4.78 is 11.1. The van der Waals surface area contributed by atoms with Crippen molar-refractivity contribution in [3.8, 4) is 5.75 Å². The molecular formula is C13H18N3O7P. The molecule has 1 amide bonds. The molecule has 0 bridgehead atoms. The van der Waals surface area contributed by atoms with Gasteiger partial charge in [0.2, 0.25) is 11.2 Å². The number of fused-ring (bicyclic) bond motifs is 2. The van der Waals surface area contributed by atoms with Crippen molar-refractivity contribution in [2.24, 2.45) is 0 Å². The second-order valence-corrected chi connectivity index (χ2v) is 6.32. The Bertz CT molecular complexity index is 680. The predicted molar refractivity (Wildman–Crippen MR) is 82.7 cm³/mol. The molecule has 3 heterocycles. The van der Waals surface area contributed by atoms with Gasteiger partial charge in [-0.2, -0.15) is 0 Å². The molecule has 1 saturated heterocycles. The fraction of sp³-hybridized carbons (Fsp3) is 0.538. The zero-order valence-corrected chi connectivity index (χ0v) is 13.6. The Labute approximate surface area is 138 Å². The largest absolute Gasteiger partial charge is 0.460 e. The SMILES string of the molecule is O=C1c2c(OCOP(O)O)c(=O)ccn2NC2CCCC(O)CN12. The number of aliphatic hydroxyl groups excluding tert-OH is 1. The van der Waals surface area contributed by atoms with Crippen LogP contribution in [0.25, 0.3) is 0 Å². The first-order valence-electron chi connectivity index (χ1n) is 7.42. The maximum atomic E-state index is 12.8. The van der Waals surface area contributed by atoms with Crippen molar-refractivity contribution in [2.45, 2.75) is 31.5 Å². The van der Waals surface area contributed by atoms with E-state index in [1.165, 1.54) is 21.8 Å². The minimum Gasteiger partial charge on any atom is -0.460 e. The van der Waals surface area contributed by atoms with Crippen molar-refractivity contribution in [1.29, 1.82) is 0 Å². The molecule has 0 aliphatic carbocycles. The normalized spacial score (nSPS) is 23.3. The molecule has 3 rings (SSSR count). The Hall–Kier alpha value is -1.71. The molecule has 0 aromatic carbocycles. The Kier molecular flexibility index (Phi) is 5.02. The zero-order chi connectivity index (χ0) is 17.3. The molecular weight excluding hydrogens is 341 g/mol. The van der Waals surface area contributed by atoms with Gasteiger partial charge in [-0.1, -0.05) is 0 Å². The van der Waals surface area contributed by atoms with E-state index >= 15 is 0 Å². The zero-order valence-electron chi connectivity index (χ0n) is 12.7. The number of hydrogen-bond acceptors (Lipinski definition) is 8. The molecule has 1 aromatic rings. The van der Waals surface area contributed by atoms with Crippen LogP contribution in [-0.4, -0.2) is 56.0 Å². The van der Waals surface area contributed by atoms with Crippen LogP contribution in [0.2, 0.25) is 0 Å². The summed E-state index contributed by atoms with van der Waals surface area (Å²) in [6.07, 6.45) is 2.58. The number of carbonyl (C=O) groups excluding carboxylic acids is 1. The molecule has 2 aliphatic rings. The van der Waals surface area contributed by atoms with Crippen molar-refractivity contribution < 1.29 is 28.9 Å². The number of aromatic nitrogens is 1. The average Bonchev–Trinajstić information content (AvgIpc) is 2.71. The second-order valence-electron chi connectivity index (χ2n) is 5.56. The van der Waals surface area contributed by atoms with Crippen LogP contribution in [-0.2, 0) is 4.52 Å². The third-order valence-corrected chi connectivity index (χ3v) is 4.31. The minimum atomic E-state index is -2.63. The summed E-state index contributed by atoms with van der Waals surface area (Å²) in [6.45, 7) is -0.418. The first-order valence-corrected chi connectivity index (χ1v) is 8.58. The van der Waals surface area contributed by atoms with E-state index < -0.39 is 32.8 Å². The van der Waals surface area contributed by atoms with Crippen molar-refractivity contribution in [2.75, 3.05) is 18.8 Å². The molecule has 4 N–H and O–H groups in total. The molecule has 10 nitrogen and oxygen atoms in total. The maximum absolute atomic E-state index is 12.8. The van der Waals surface area contributed by atoms with E-state index in [1.54, 1.807) is 0 Å². The Balaban J connectivity index is 1.92. The lowest BCUT2D eigenvalue weighted by molar-refractivity contribution is 0.0505. The number of pyridine rings is 1. The van der Waals surface area contributed by atoms with Crippen LogP contribution in [0, 0.1) is 0 Å². The second kappa shape index (κ2) is 7.04. The van der Waals surface area contributed by atoms with Gasteiger partial charge in [0.15, 0.2) is 12.5 Å². The van der Waals surface area contributed by atoms with E-state index in [4.69, 9.17) is 14.5 Å². The Morgan fingerprint density at radius 2 is 2.12 bits per heavy atom. The van der Waals surface area contributed by atoms with Gasteiger partial charge in [0.1, 0.15) is 6.17 Å². The van der Waals surface area contributed by atoms with E-state index in [-0.39, 0.29) is 24.2 Å². The van der Waals surface area contributed by atoms with E-state index in [0.717, 1.165) is 6.42 Å². The van der Waals surface area contributed by atoms with E-state index in [2.05, 4.69) is 9.95 Å². The average molecular weight is 359 g/mol. The molecule has 0 saturated carbocycles. The highest BCUT2D eigenvalue weighted by Gasteiger charge is 2.37. The molecule has 0 radical (unpaired) electrons. The number of carbonyl (C=O) groups is 1. The lowest BCUT2D eigenvalue weighted by Crippen LogP contribution is -2.55. The summed E-state index contributed by atoms with van der Waals surface area (Å²) in [5.41, 5.74) is 2.56. The summed E-state index contributed by atoms with van der Waals surface area (Å²) >= 11 is 0. The summed E-state index contributed by atoms with van der Waals surface area (Å²) in [7, 11) is -2.63. The topological polar surface area (TPSA) is 133 Å². The number of ether oxygens (including phenoxy) is 1. The van der Waals surface area contributed by atoms with Crippen LogP contribution in [0.3, 0.4) is 0 Å². The third-order valence-electron chi connectivity index (χ3n) is 3.98. The highest BCUT2D eigenvalue weighted by atomic mass is 31.2. The minimum absolute atomic E-state index is 0.0170. The van der Waals surface area contributed by atoms with Gasteiger partial charge in [-0.3, -0.25) is 18.8 Å². The fourth-order valence-electron chi connectivity index (χ4n) is 2.90. The van der Waals surface area contributed by atoms with E-state index in [1.807, 2.05) is 0 Å². The van der Waals surface area contributed by atoms with E-state index in [0.29, 0.717) is 12.8 Å². The van der Waals surface area contributed by atoms with Gasteiger partial charge in [-0.15, -0.1) is 0 Å². The van der Waals surface area contributed by atoms with Gasteiger partial charge in [-0.05, 0) is 19.3 Å². The summed E-state index contributed by atoms with van der Waals surface area (Å²) in [5, 5.41) is 9.93. The van der Waals surface area contributed by atoms with Gasteiger partial charge >= 0.3 is 8.60 Å². The number of amides is 1. The van der Waals surface area contributed by atoms with Gasteiger partial charge in [-0.25, -0.2) is 0 Å². The van der Waals surface area contributed by atoms with Gasteiger partial charge in [0, 0.05) is 18.8 Å². The van der Waals surface area contributed by atoms with Gasteiger partial charge in [0.05, 0.1) is 6.10 Å². The van der Waals surface area contributed by atoms with Crippen LogP contribution in [0.1, 0.15) is 29.8 Å².